The van der Waals surface area contributed by atoms with Gasteiger partial charge in [0.25, 0.3) is 0 Å². The molecule has 0 spiro atoms. The van der Waals surface area contributed by atoms with Crippen molar-refractivity contribution in [3.63, 3.8) is 0 Å². The lowest BCUT2D eigenvalue weighted by Crippen LogP contribution is -1.90. The summed E-state index contributed by atoms with van der Waals surface area (Å²) in [6.45, 7) is 1.56. The summed E-state index contributed by atoms with van der Waals surface area (Å²) in [7, 11) is 0. The van der Waals surface area contributed by atoms with Crippen LogP contribution in [0, 0.1) is 0 Å². The number of benzene rings is 1. The van der Waals surface area contributed by atoms with Gasteiger partial charge in [0, 0.05) is 11.5 Å². The van der Waals surface area contributed by atoms with Gasteiger partial charge in [-0.15, -0.1) is 0 Å². The SMILES string of the molecule is CC(=O)c1ccc2oc(C3CC3)nc2c1. The summed E-state index contributed by atoms with van der Waals surface area (Å²) in [5, 5.41) is 0. The van der Waals surface area contributed by atoms with Gasteiger partial charge in [0.1, 0.15) is 5.52 Å². The fraction of sp³-hybridized carbons (Fsp3) is 0.333. The molecule has 3 rings (SSSR count). The Bertz CT molecular complexity index is 538. The lowest BCUT2D eigenvalue weighted by molar-refractivity contribution is 0.101. The zero-order valence-corrected chi connectivity index (χ0v) is 8.49. The Labute approximate surface area is 87.1 Å². The summed E-state index contributed by atoms with van der Waals surface area (Å²) in [5.74, 6) is 1.40. The van der Waals surface area contributed by atoms with E-state index < -0.39 is 0 Å². The van der Waals surface area contributed by atoms with Crippen LogP contribution in [0.5, 0.6) is 0 Å². The number of rotatable bonds is 2. The van der Waals surface area contributed by atoms with Crippen LogP contribution in [0.25, 0.3) is 11.1 Å². The van der Waals surface area contributed by atoms with E-state index in [1.807, 2.05) is 6.07 Å². The second-order valence-electron chi connectivity index (χ2n) is 4.07. The molecule has 0 radical (unpaired) electrons. The molecule has 0 unspecified atom stereocenters. The predicted molar refractivity (Wildman–Crippen MR) is 56.0 cm³/mol. The van der Waals surface area contributed by atoms with Gasteiger partial charge in [-0.1, -0.05) is 0 Å². The smallest absolute Gasteiger partial charge is 0.198 e. The van der Waals surface area contributed by atoms with Crippen molar-refractivity contribution in [3.8, 4) is 0 Å². The van der Waals surface area contributed by atoms with Crippen molar-refractivity contribution in [2.45, 2.75) is 25.7 Å². The highest BCUT2D eigenvalue weighted by Crippen LogP contribution is 2.40. The van der Waals surface area contributed by atoms with Crippen molar-refractivity contribution in [1.29, 1.82) is 0 Å². The molecule has 0 aliphatic heterocycles. The third-order valence-electron chi connectivity index (χ3n) is 2.74. The molecule has 0 saturated heterocycles. The van der Waals surface area contributed by atoms with E-state index in [0.29, 0.717) is 11.5 Å². The molecule has 0 N–H and O–H groups in total. The van der Waals surface area contributed by atoms with E-state index in [1.54, 1.807) is 19.1 Å². The number of carbonyl (C=O) groups is 1. The maximum atomic E-state index is 11.2. The highest BCUT2D eigenvalue weighted by atomic mass is 16.3. The zero-order chi connectivity index (χ0) is 10.4. The Hall–Kier alpha value is -1.64. The highest BCUT2D eigenvalue weighted by Gasteiger charge is 2.28. The van der Waals surface area contributed by atoms with Crippen LogP contribution in [0.15, 0.2) is 22.6 Å². The normalized spacial score (nSPS) is 15.8. The number of hydrogen-bond donors (Lipinski definition) is 0. The summed E-state index contributed by atoms with van der Waals surface area (Å²) in [6, 6.07) is 5.41. The number of ketones is 1. The van der Waals surface area contributed by atoms with Crippen molar-refractivity contribution in [3.05, 3.63) is 29.7 Å². The van der Waals surface area contributed by atoms with Gasteiger partial charge in [0.15, 0.2) is 17.3 Å². The molecule has 1 fully saturated rings. The summed E-state index contributed by atoms with van der Waals surface area (Å²) >= 11 is 0. The van der Waals surface area contributed by atoms with E-state index in [1.165, 1.54) is 12.8 Å². The number of nitrogens with zero attached hydrogens (tertiary/aromatic N) is 1. The van der Waals surface area contributed by atoms with Gasteiger partial charge in [0.05, 0.1) is 0 Å². The first-order valence-corrected chi connectivity index (χ1v) is 5.15. The molecule has 1 saturated carbocycles. The average molecular weight is 201 g/mol. The first-order chi connectivity index (χ1) is 7.24. The number of Topliss-reactive ketones (excluding diaryl/α,β-unsaturated/α-hetero) is 1. The molecule has 3 nitrogen and oxygen atoms in total. The Balaban J connectivity index is 2.13. The lowest BCUT2D eigenvalue weighted by Gasteiger charge is -1.92. The molecular formula is C12H11NO2. The first kappa shape index (κ1) is 8.65. The van der Waals surface area contributed by atoms with Gasteiger partial charge in [-0.3, -0.25) is 4.79 Å². The summed E-state index contributed by atoms with van der Waals surface area (Å²) in [6.07, 6.45) is 2.35. The highest BCUT2D eigenvalue weighted by molar-refractivity contribution is 5.96. The van der Waals surface area contributed by atoms with Gasteiger partial charge in [-0.05, 0) is 38.0 Å². The third-order valence-corrected chi connectivity index (χ3v) is 2.74. The van der Waals surface area contributed by atoms with Crippen LogP contribution in [-0.4, -0.2) is 10.8 Å². The van der Waals surface area contributed by atoms with E-state index in [4.69, 9.17) is 4.42 Å². The van der Waals surface area contributed by atoms with Gasteiger partial charge < -0.3 is 4.42 Å². The number of aromatic nitrogens is 1. The van der Waals surface area contributed by atoms with Crippen LogP contribution in [0.3, 0.4) is 0 Å². The van der Waals surface area contributed by atoms with Crippen LogP contribution in [0.1, 0.15) is 41.9 Å². The minimum absolute atomic E-state index is 0.0628. The quantitative estimate of drug-likeness (QED) is 0.701. The maximum Gasteiger partial charge on any atom is 0.198 e. The summed E-state index contributed by atoms with van der Waals surface area (Å²) < 4.78 is 5.60. The average Bonchev–Trinajstić information content (AvgIpc) is 2.97. The Kier molecular flexibility index (Phi) is 1.69. The van der Waals surface area contributed by atoms with Crippen molar-refractivity contribution in [2.24, 2.45) is 0 Å². The summed E-state index contributed by atoms with van der Waals surface area (Å²) in [4.78, 5) is 15.6. The van der Waals surface area contributed by atoms with Crippen LogP contribution in [-0.2, 0) is 0 Å². The topological polar surface area (TPSA) is 43.1 Å². The molecule has 2 aromatic rings. The monoisotopic (exact) mass is 201 g/mol. The Morgan fingerprint density at radius 2 is 2.27 bits per heavy atom. The molecule has 1 aromatic heterocycles. The number of fused-ring (bicyclic) bond motifs is 1. The van der Waals surface area contributed by atoms with Crippen molar-refractivity contribution in [2.75, 3.05) is 0 Å². The Morgan fingerprint density at radius 3 is 2.93 bits per heavy atom. The molecule has 1 heterocycles. The molecular weight excluding hydrogens is 190 g/mol. The molecule has 0 bridgehead atoms. The van der Waals surface area contributed by atoms with Crippen LogP contribution in [0.4, 0.5) is 0 Å². The molecule has 0 atom stereocenters. The van der Waals surface area contributed by atoms with E-state index in [9.17, 15) is 4.79 Å². The standard InChI is InChI=1S/C12H11NO2/c1-7(14)9-4-5-11-10(6-9)13-12(15-11)8-2-3-8/h4-6,8H,2-3H2,1H3. The molecule has 1 aliphatic carbocycles. The molecule has 0 amide bonds. The molecule has 1 aliphatic rings. The minimum Gasteiger partial charge on any atom is -0.440 e. The lowest BCUT2D eigenvalue weighted by atomic mass is 10.1. The molecule has 3 heteroatoms. The maximum absolute atomic E-state index is 11.2. The number of hydrogen-bond acceptors (Lipinski definition) is 3. The second-order valence-corrected chi connectivity index (χ2v) is 4.07. The number of oxazole rings is 1. The fourth-order valence-corrected chi connectivity index (χ4v) is 1.67. The van der Waals surface area contributed by atoms with E-state index in [2.05, 4.69) is 4.98 Å². The molecule has 76 valence electrons. The van der Waals surface area contributed by atoms with Gasteiger partial charge in [0.2, 0.25) is 0 Å². The van der Waals surface area contributed by atoms with E-state index in [-0.39, 0.29) is 5.78 Å². The minimum atomic E-state index is 0.0628. The fourth-order valence-electron chi connectivity index (χ4n) is 1.67. The first-order valence-electron chi connectivity index (χ1n) is 5.15. The molecule has 1 aromatic carbocycles. The van der Waals surface area contributed by atoms with Crippen LogP contribution >= 0.6 is 0 Å². The zero-order valence-electron chi connectivity index (χ0n) is 8.49. The molecule has 15 heavy (non-hydrogen) atoms. The van der Waals surface area contributed by atoms with Gasteiger partial charge in [-0.25, -0.2) is 4.98 Å². The van der Waals surface area contributed by atoms with Crippen molar-refractivity contribution < 1.29 is 9.21 Å². The van der Waals surface area contributed by atoms with Crippen molar-refractivity contribution >= 4 is 16.9 Å². The van der Waals surface area contributed by atoms with Crippen LogP contribution in [0.2, 0.25) is 0 Å². The number of carbonyl (C=O) groups excluding carboxylic acids is 1. The summed E-state index contributed by atoms with van der Waals surface area (Å²) in [5.41, 5.74) is 2.27. The third kappa shape index (κ3) is 1.44. The van der Waals surface area contributed by atoms with Crippen LogP contribution < -0.4 is 0 Å². The van der Waals surface area contributed by atoms with Gasteiger partial charge >= 0.3 is 0 Å². The largest absolute Gasteiger partial charge is 0.440 e. The second kappa shape index (κ2) is 2.92. The van der Waals surface area contributed by atoms with Gasteiger partial charge in [-0.2, -0.15) is 0 Å². The van der Waals surface area contributed by atoms with E-state index in [0.717, 1.165) is 17.0 Å². The van der Waals surface area contributed by atoms with E-state index >= 15 is 0 Å². The van der Waals surface area contributed by atoms with Crippen molar-refractivity contribution in [1.82, 2.24) is 4.98 Å². The predicted octanol–water partition coefficient (Wildman–Crippen LogP) is 2.91. The Morgan fingerprint density at radius 1 is 1.47 bits per heavy atom.